The number of thiol groups is 1. The van der Waals surface area contributed by atoms with E-state index in [0.717, 1.165) is 12.8 Å². The Balaban J connectivity index is 2.78. The smallest absolute Gasteiger partial charge is 0.0681 e. The summed E-state index contributed by atoms with van der Waals surface area (Å²) in [6.45, 7) is 6.47. The van der Waals surface area contributed by atoms with E-state index in [0.29, 0.717) is 11.8 Å². The molecular formula is C9H20N2S. The lowest BCUT2D eigenvalue weighted by molar-refractivity contribution is 0.254. The van der Waals surface area contributed by atoms with Gasteiger partial charge in [-0.1, -0.05) is 20.8 Å². The number of nitrogens with two attached hydrogens (primary N) is 2. The van der Waals surface area contributed by atoms with Crippen LogP contribution in [0.25, 0.3) is 0 Å². The summed E-state index contributed by atoms with van der Waals surface area (Å²) in [7, 11) is 0. The third-order valence-electron chi connectivity index (χ3n) is 2.84. The SMILES string of the molecule is CC(C)C1CC(C)(S)CC1(N)N. The first-order valence-electron chi connectivity index (χ1n) is 4.55. The average Bonchev–Trinajstić information content (AvgIpc) is 1.99. The molecule has 1 aliphatic rings. The summed E-state index contributed by atoms with van der Waals surface area (Å²) in [5.74, 6) is 0.953. The topological polar surface area (TPSA) is 52.0 Å². The van der Waals surface area contributed by atoms with Crippen LogP contribution in [0.2, 0.25) is 0 Å². The van der Waals surface area contributed by atoms with E-state index in [1.807, 2.05) is 0 Å². The van der Waals surface area contributed by atoms with Crippen LogP contribution in [0.15, 0.2) is 0 Å². The first-order chi connectivity index (χ1) is 5.25. The maximum Gasteiger partial charge on any atom is 0.0681 e. The second-order valence-corrected chi connectivity index (χ2v) is 5.92. The van der Waals surface area contributed by atoms with Crippen molar-refractivity contribution in [1.29, 1.82) is 0 Å². The lowest BCUT2D eigenvalue weighted by atomic mass is 9.87. The van der Waals surface area contributed by atoms with Gasteiger partial charge in [-0.05, 0) is 24.7 Å². The standard InChI is InChI=1S/C9H20N2S/c1-6(2)7-4-8(3,12)5-9(7,10)11/h6-7,12H,4-5,10-11H2,1-3H3. The van der Waals surface area contributed by atoms with Crippen LogP contribution < -0.4 is 11.5 Å². The molecule has 0 spiro atoms. The van der Waals surface area contributed by atoms with Crippen molar-refractivity contribution in [3.63, 3.8) is 0 Å². The van der Waals surface area contributed by atoms with Gasteiger partial charge >= 0.3 is 0 Å². The molecule has 0 bridgehead atoms. The van der Waals surface area contributed by atoms with E-state index in [1.54, 1.807) is 0 Å². The molecule has 0 amide bonds. The number of hydrogen-bond donors (Lipinski definition) is 3. The summed E-state index contributed by atoms with van der Waals surface area (Å²) >= 11 is 4.56. The van der Waals surface area contributed by atoms with Gasteiger partial charge in [0, 0.05) is 4.75 Å². The molecule has 0 aromatic carbocycles. The Morgan fingerprint density at radius 2 is 1.92 bits per heavy atom. The van der Waals surface area contributed by atoms with Gasteiger partial charge in [0.1, 0.15) is 0 Å². The molecule has 0 saturated heterocycles. The molecule has 0 heterocycles. The van der Waals surface area contributed by atoms with Crippen LogP contribution in [0.4, 0.5) is 0 Å². The summed E-state index contributed by atoms with van der Waals surface area (Å²) in [4.78, 5) is 0. The third kappa shape index (κ3) is 1.95. The van der Waals surface area contributed by atoms with E-state index in [1.165, 1.54) is 0 Å². The molecule has 0 aliphatic heterocycles. The lowest BCUT2D eigenvalue weighted by Crippen LogP contribution is -2.54. The first-order valence-corrected chi connectivity index (χ1v) is 4.99. The quantitative estimate of drug-likeness (QED) is 0.430. The van der Waals surface area contributed by atoms with Crippen LogP contribution in [-0.2, 0) is 0 Å². The molecule has 2 atom stereocenters. The van der Waals surface area contributed by atoms with Crippen LogP contribution in [0.1, 0.15) is 33.6 Å². The van der Waals surface area contributed by atoms with Crippen molar-refractivity contribution in [1.82, 2.24) is 0 Å². The van der Waals surface area contributed by atoms with Crippen LogP contribution in [-0.4, -0.2) is 10.4 Å². The third-order valence-corrected chi connectivity index (χ3v) is 3.18. The Morgan fingerprint density at radius 1 is 1.42 bits per heavy atom. The minimum Gasteiger partial charge on any atom is -0.313 e. The fraction of sp³-hybridized carbons (Fsp3) is 1.00. The van der Waals surface area contributed by atoms with Crippen molar-refractivity contribution in [2.45, 2.75) is 44.0 Å². The zero-order valence-corrected chi connectivity index (χ0v) is 9.07. The maximum atomic E-state index is 6.03. The van der Waals surface area contributed by atoms with Gasteiger partial charge in [0.05, 0.1) is 5.66 Å². The van der Waals surface area contributed by atoms with Crippen molar-refractivity contribution in [3.8, 4) is 0 Å². The molecule has 72 valence electrons. The van der Waals surface area contributed by atoms with Gasteiger partial charge in [-0.3, -0.25) is 0 Å². The molecule has 0 aromatic heterocycles. The minimum absolute atomic E-state index is 0.0262. The average molecular weight is 188 g/mol. The Kier molecular flexibility index (Phi) is 2.50. The monoisotopic (exact) mass is 188 g/mol. The van der Waals surface area contributed by atoms with Gasteiger partial charge in [-0.25, -0.2) is 0 Å². The van der Waals surface area contributed by atoms with E-state index in [4.69, 9.17) is 11.5 Å². The Hall–Kier alpha value is 0.270. The maximum absolute atomic E-state index is 6.03. The normalized spacial score (nSPS) is 40.8. The van der Waals surface area contributed by atoms with Crippen molar-refractivity contribution < 1.29 is 0 Å². The second kappa shape index (κ2) is 2.89. The molecule has 1 rings (SSSR count). The molecule has 1 aliphatic carbocycles. The molecule has 4 N–H and O–H groups in total. The molecule has 3 heteroatoms. The van der Waals surface area contributed by atoms with Gasteiger partial charge in [-0.15, -0.1) is 0 Å². The highest BCUT2D eigenvalue weighted by molar-refractivity contribution is 7.81. The summed E-state index contributed by atoms with van der Waals surface area (Å²) < 4.78 is 0.0262. The fourth-order valence-electron chi connectivity index (χ4n) is 2.38. The van der Waals surface area contributed by atoms with E-state index < -0.39 is 5.66 Å². The predicted octanol–water partition coefficient (Wildman–Crippen LogP) is 1.35. The molecular weight excluding hydrogens is 168 g/mol. The van der Waals surface area contributed by atoms with Crippen molar-refractivity contribution in [2.24, 2.45) is 23.3 Å². The van der Waals surface area contributed by atoms with Crippen molar-refractivity contribution >= 4 is 12.6 Å². The molecule has 0 radical (unpaired) electrons. The Labute approximate surface area is 80.5 Å². The molecule has 0 aromatic rings. The highest BCUT2D eigenvalue weighted by atomic mass is 32.1. The summed E-state index contributed by atoms with van der Waals surface area (Å²) in [6, 6.07) is 0. The summed E-state index contributed by atoms with van der Waals surface area (Å²) in [5.41, 5.74) is 11.5. The highest BCUT2D eigenvalue weighted by Crippen LogP contribution is 2.44. The second-order valence-electron chi connectivity index (χ2n) is 4.84. The largest absolute Gasteiger partial charge is 0.313 e. The lowest BCUT2D eigenvalue weighted by Gasteiger charge is -2.29. The van der Waals surface area contributed by atoms with Gasteiger partial charge in [0.2, 0.25) is 0 Å². The van der Waals surface area contributed by atoms with Gasteiger partial charge in [0.25, 0.3) is 0 Å². The molecule has 2 unspecified atom stereocenters. The molecule has 1 saturated carbocycles. The van der Waals surface area contributed by atoms with Gasteiger partial charge < -0.3 is 11.5 Å². The van der Waals surface area contributed by atoms with Crippen LogP contribution >= 0.6 is 12.6 Å². The minimum atomic E-state index is -0.509. The fourth-order valence-corrected chi connectivity index (χ4v) is 2.85. The van der Waals surface area contributed by atoms with E-state index in [9.17, 15) is 0 Å². The zero-order chi connectivity index (χ0) is 9.57. The van der Waals surface area contributed by atoms with Gasteiger partial charge in [0.15, 0.2) is 0 Å². The van der Waals surface area contributed by atoms with E-state index in [2.05, 4.69) is 33.4 Å². The number of rotatable bonds is 1. The zero-order valence-electron chi connectivity index (χ0n) is 8.17. The molecule has 1 fully saturated rings. The van der Waals surface area contributed by atoms with Crippen LogP contribution in [0.3, 0.4) is 0 Å². The number of hydrogen-bond acceptors (Lipinski definition) is 3. The Morgan fingerprint density at radius 3 is 2.08 bits per heavy atom. The first kappa shape index (κ1) is 10.4. The van der Waals surface area contributed by atoms with E-state index >= 15 is 0 Å². The molecule has 2 nitrogen and oxygen atoms in total. The van der Waals surface area contributed by atoms with Crippen LogP contribution in [0, 0.1) is 11.8 Å². The van der Waals surface area contributed by atoms with Crippen LogP contribution in [0.5, 0.6) is 0 Å². The highest BCUT2D eigenvalue weighted by Gasteiger charge is 2.47. The Bertz CT molecular complexity index is 175. The predicted molar refractivity (Wildman–Crippen MR) is 56.1 cm³/mol. The van der Waals surface area contributed by atoms with Crippen molar-refractivity contribution in [2.75, 3.05) is 0 Å². The van der Waals surface area contributed by atoms with E-state index in [-0.39, 0.29) is 4.75 Å². The summed E-state index contributed by atoms with van der Waals surface area (Å²) in [5, 5.41) is 0. The van der Waals surface area contributed by atoms with Gasteiger partial charge in [-0.2, -0.15) is 12.6 Å². The molecule has 12 heavy (non-hydrogen) atoms. The van der Waals surface area contributed by atoms with Crippen molar-refractivity contribution in [3.05, 3.63) is 0 Å². The summed E-state index contributed by atoms with van der Waals surface area (Å²) in [6.07, 6.45) is 1.84.